The van der Waals surface area contributed by atoms with E-state index in [1.165, 1.54) is 6.08 Å². The predicted molar refractivity (Wildman–Crippen MR) is 189 cm³/mol. The number of aromatic nitrogens is 1. The molecule has 0 spiro atoms. The highest BCUT2D eigenvalue weighted by molar-refractivity contribution is 5.97. The fourth-order valence-corrected chi connectivity index (χ4v) is 5.26. The van der Waals surface area contributed by atoms with Gasteiger partial charge in [-0.15, -0.1) is 4.91 Å². The summed E-state index contributed by atoms with van der Waals surface area (Å²) < 4.78 is 5.75. The number of nitrogens with one attached hydrogen (secondary N) is 4. The van der Waals surface area contributed by atoms with Crippen LogP contribution in [0.4, 0.5) is 10.5 Å². The number of hydrogen-bond acceptors (Lipinski definition) is 7. The van der Waals surface area contributed by atoms with Crippen LogP contribution in [-0.4, -0.2) is 46.3 Å². The van der Waals surface area contributed by atoms with E-state index in [1.807, 2.05) is 56.5 Å². The van der Waals surface area contributed by atoms with E-state index < -0.39 is 18.0 Å². The van der Waals surface area contributed by atoms with Crippen molar-refractivity contribution in [2.75, 3.05) is 11.9 Å². The fourth-order valence-electron chi connectivity index (χ4n) is 5.26. The molecule has 0 aliphatic rings. The van der Waals surface area contributed by atoms with Gasteiger partial charge in [-0.25, -0.2) is 10.2 Å². The Balaban J connectivity index is 1.40. The molecule has 4 rings (SSSR count). The molecule has 4 amide bonds. The molecule has 0 bridgehead atoms. The normalized spacial score (nSPS) is 11.7. The van der Waals surface area contributed by atoms with Crippen molar-refractivity contribution in [3.8, 4) is 0 Å². The molecule has 49 heavy (non-hydrogen) atoms. The van der Waals surface area contributed by atoms with E-state index in [1.54, 1.807) is 54.3 Å². The van der Waals surface area contributed by atoms with Crippen LogP contribution >= 0.6 is 0 Å². The average Bonchev–Trinajstić information content (AvgIpc) is 3.39. The Kier molecular flexibility index (Phi) is 12.8. The fraction of sp³-hybridized carbons (Fsp3) is 0.297. The number of fused-ring (bicyclic) bond motifs is 1. The van der Waals surface area contributed by atoms with Gasteiger partial charge in [-0.2, -0.15) is 0 Å². The van der Waals surface area contributed by atoms with Crippen molar-refractivity contribution in [3.63, 3.8) is 0 Å². The van der Waals surface area contributed by atoms with Gasteiger partial charge in [0.2, 0.25) is 11.8 Å². The van der Waals surface area contributed by atoms with Gasteiger partial charge in [-0.3, -0.25) is 14.4 Å². The lowest BCUT2D eigenvalue weighted by Gasteiger charge is -2.23. The number of nitrogens with zero attached hydrogens (tertiary/aromatic N) is 2. The monoisotopic (exact) mass is 666 g/mol. The molecular formula is C37H42N6O6. The molecule has 12 heteroatoms. The van der Waals surface area contributed by atoms with E-state index in [0.29, 0.717) is 25.1 Å². The second-order valence-corrected chi connectivity index (χ2v) is 12.2. The largest absolute Gasteiger partial charge is 0.445 e. The zero-order valence-electron chi connectivity index (χ0n) is 28.1. The Labute approximate surface area is 285 Å². The molecule has 4 N–H and O–H groups in total. The number of ether oxygens (including phenoxy) is 1. The van der Waals surface area contributed by atoms with Gasteiger partial charge in [-0.05, 0) is 72.7 Å². The maximum atomic E-state index is 13.5. The highest BCUT2D eigenvalue weighted by Crippen LogP contribution is 2.23. The Bertz CT molecular complexity index is 1800. The van der Waals surface area contributed by atoms with Gasteiger partial charge in [0.25, 0.3) is 5.91 Å². The van der Waals surface area contributed by atoms with Crippen LogP contribution in [0.1, 0.15) is 55.1 Å². The van der Waals surface area contributed by atoms with Gasteiger partial charge in [-0.1, -0.05) is 68.4 Å². The number of amides is 4. The molecular weight excluding hydrogens is 624 g/mol. The first-order valence-electron chi connectivity index (χ1n) is 16.1. The molecule has 256 valence electrons. The van der Waals surface area contributed by atoms with Crippen molar-refractivity contribution in [1.82, 2.24) is 20.6 Å². The quantitative estimate of drug-likeness (QED) is 0.0675. The smallest absolute Gasteiger partial charge is 0.410 e. The van der Waals surface area contributed by atoms with E-state index in [9.17, 15) is 24.1 Å². The third-order valence-corrected chi connectivity index (χ3v) is 7.80. The molecule has 0 fully saturated rings. The van der Waals surface area contributed by atoms with Gasteiger partial charge < -0.3 is 25.3 Å². The number of anilines is 1. The summed E-state index contributed by atoms with van der Waals surface area (Å²) in [5, 5.41) is 8.97. The number of H-pyrrole nitrogens is 1. The van der Waals surface area contributed by atoms with Crippen molar-refractivity contribution in [1.29, 1.82) is 0 Å². The highest BCUT2D eigenvalue weighted by atomic mass is 16.6. The van der Waals surface area contributed by atoms with Crippen LogP contribution < -0.4 is 16.1 Å². The second-order valence-electron chi connectivity index (χ2n) is 12.2. The number of carbonyl (C=O) groups is 4. The van der Waals surface area contributed by atoms with Crippen LogP contribution in [0.25, 0.3) is 17.0 Å². The third-order valence-electron chi connectivity index (χ3n) is 7.80. The van der Waals surface area contributed by atoms with Crippen molar-refractivity contribution in [3.05, 3.63) is 112 Å². The summed E-state index contributed by atoms with van der Waals surface area (Å²) in [4.78, 5) is 64.8. The van der Waals surface area contributed by atoms with Crippen LogP contribution in [0.3, 0.4) is 0 Å². The van der Waals surface area contributed by atoms with Crippen molar-refractivity contribution in [2.24, 2.45) is 11.2 Å². The summed E-state index contributed by atoms with van der Waals surface area (Å²) in [6, 6.07) is 21.7. The topological polar surface area (TPSA) is 162 Å². The molecule has 0 aliphatic carbocycles. The molecule has 0 radical (unpaired) electrons. The molecule has 1 atom stereocenters. The van der Waals surface area contributed by atoms with Gasteiger partial charge >= 0.3 is 6.09 Å². The number of nitroso groups, excluding NO2 is 1. The van der Waals surface area contributed by atoms with Gasteiger partial charge in [0.15, 0.2) is 0 Å². The lowest BCUT2D eigenvalue weighted by molar-refractivity contribution is -0.126. The predicted octanol–water partition coefficient (Wildman–Crippen LogP) is 6.16. The van der Waals surface area contributed by atoms with E-state index in [-0.39, 0.29) is 30.9 Å². The number of para-hydroxylation sites is 1. The molecule has 1 unspecified atom stereocenters. The summed E-state index contributed by atoms with van der Waals surface area (Å²) in [5.74, 6) is -0.942. The summed E-state index contributed by atoms with van der Waals surface area (Å²) in [7, 11) is 0. The van der Waals surface area contributed by atoms with E-state index >= 15 is 0 Å². The lowest BCUT2D eigenvalue weighted by atomic mass is 10.1. The van der Waals surface area contributed by atoms with Gasteiger partial charge in [0.1, 0.15) is 12.6 Å². The molecule has 0 saturated heterocycles. The summed E-state index contributed by atoms with van der Waals surface area (Å²) in [5.41, 5.74) is 7.90. The Morgan fingerprint density at radius 2 is 1.63 bits per heavy atom. The van der Waals surface area contributed by atoms with E-state index in [4.69, 9.17) is 4.74 Å². The summed E-state index contributed by atoms with van der Waals surface area (Å²) in [6.07, 6.45) is 3.23. The minimum Gasteiger partial charge on any atom is -0.445 e. The maximum Gasteiger partial charge on any atom is 0.410 e. The summed E-state index contributed by atoms with van der Waals surface area (Å²) >= 11 is 0. The van der Waals surface area contributed by atoms with Crippen LogP contribution in [0, 0.1) is 17.7 Å². The first-order valence-corrected chi connectivity index (χ1v) is 16.1. The lowest BCUT2D eigenvalue weighted by Crippen LogP contribution is -2.41. The number of aryl methyl sites for hydroxylation is 1. The van der Waals surface area contributed by atoms with Crippen LogP contribution in [0.15, 0.2) is 84.2 Å². The van der Waals surface area contributed by atoms with Crippen LogP contribution in [0.2, 0.25) is 0 Å². The standard InChI is InChI=1S/C37H42N6O6/c1-24(2)21-35(45)39-26(4)36(46)40-30-16-13-29(14-17-30)23-49-37(47)43(20-19-31-25(3)38-33-8-6-5-7-32(31)33)22-28-11-9-27(10-12-28)15-18-34(44)41-42-48/h5-18,24,26,38H,19-23H2,1-4H3,(H,39,45)(H,40,46)(H,41,44,48)/b18-15+. The van der Waals surface area contributed by atoms with Gasteiger partial charge in [0, 0.05) is 47.9 Å². The summed E-state index contributed by atoms with van der Waals surface area (Å²) in [6.45, 7) is 8.25. The zero-order valence-corrected chi connectivity index (χ0v) is 28.1. The van der Waals surface area contributed by atoms with E-state index in [0.717, 1.165) is 38.9 Å². The zero-order chi connectivity index (χ0) is 35.3. The Hall–Kier alpha value is -5.78. The molecule has 0 saturated carbocycles. The Morgan fingerprint density at radius 1 is 0.939 bits per heavy atom. The van der Waals surface area contributed by atoms with E-state index in [2.05, 4.69) is 27.0 Å². The van der Waals surface area contributed by atoms with Crippen LogP contribution in [-0.2, 0) is 38.7 Å². The third kappa shape index (κ3) is 10.9. The molecule has 1 aromatic heterocycles. The maximum absolute atomic E-state index is 13.5. The minimum atomic E-state index is -0.689. The van der Waals surface area contributed by atoms with Crippen LogP contribution in [0.5, 0.6) is 0 Å². The molecule has 1 heterocycles. The molecule has 12 nitrogen and oxygen atoms in total. The van der Waals surface area contributed by atoms with Gasteiger partial charge in [0.05, 0.1) is 5.29 Å². The van der Waals surface area contributed by atoms with Crippen molar-refractivity contribution in [2.45, 2.75) is 59.7 Å². The van der Waals surface area contributed by atoms with Crippen molar-refractivity contribution >= 4 is 46.5 Å². The second kappa shape index (κ2) is 17.4. The van der Waals surface area contributed by atoms with Crippen molar-refractivity contribution < 1.29 is 23.9 Å². The first-order chi connectivity index (χ1) is 23.5. The SMILES string of the molecule is Cc1[nH]c2ccccc2c1CCN(Cc1ccc(/C=C/C(=O)NN=O)cc1)C(=O)OCc1ccc(NC(=O)C(C)NC(=O)CC(C)C)cc1. The number of aromatic amines is 1. The average molecular weight is 667 g/mol. The Morgan fingerprint density at radius 3 is 2.33 bits per heavy atom. The molecule has 0 aliphatic heterocycles. The first kappa shape index (κ1) is 36.1. The number of benzene rings is 3. The molecule has 3 aromatic carbocycles. The number of carbonyl (C=O) groups excluding carboxylic acids is 4. The number of hydrogen-bond donors (Lipinski definition) is 4. The molecule has 4 aromatic rings. The number of rotatable bonds is 15. The minimum absolute atomic E-state index is 0.0266. The highest BCUT2D eigenvalue weighted by Gasteiger charge is 2.19.